The highest BCUT2D eigenvalue weighted by Gasteiger charge is 2.10. The van der Waals surface area contributed by atoms with Crippen molar-refractivity contribution in [1.82, 2.24) is 0 Å². The molecule has 2 heteroatoms. The molecule has 1 atom stereocenters. The van der Waals surface area contributed by atoms with E-state index in [9.17, 15) is 4.79 Å². The van der Waals surface area contributed by atoms with Gasteiger partial charge in [0.25, 0.3) is 0 Å². The second-order valence-corrected chi connectivity index (χ2v) is 4.75. The minimum absolute atomic E-state index is 0.105. The number of ether oxygens (including phenoxy) is 1. The summed E-state index contributed by atoms with van der Waals surface area (Å²) in [7, 11) is 0. The molecule has 1 aromatic rings. The van der Waals surface area contributed by atoms with E-state index in [1.165, 1.54) is 5.56 Å². The Balaban J connectivity index is 2.29. The molecule has 0 spiro atoms. The van der Waals surface area contributed by atoms with Crippen molar-refractivity contribution >= 4 is 5.97 Å². The van der Waals surface area contributed by atoms with Gasteiger partial charge in [0.1, 0.15) is 6.10 Å². The molecule has 0 radical (unpaired) electrons. The summed E-state index contributed by atoms with van der Waals surface area (Å²) in [5.41, 5.74) is 1.26. The fourth-order valence-electron chi connectivity index (χ4n) is 1.93. The molecule has 0 N–H and O–H groups in total. The minimum atomic E-state index is -0.172. The highest BCUT2D eigenvalue weighted by Crippen LogP contribution is 2.10. The highest BCUT2D eigenvalue weighted by molar-refractivity contribution is 5.69. The second kappa shape index (κ2) is 9.37. The lowest BCUT2D eigenvalue weighted by atomic mass is 10.1. The number of benzene rings is 1. The van der Waals surface area contributed by atoms with Gasteiger partial charge in [0, 0.05) is 6.42 Å². The summed E-state index contributed by atoms with van der Waals surface area (Å²) in [6.07, 6.45) is 6.88. The van der Waals surface area contributed by atoms with Gasteiger partial charge in [-0.25, -0.2) is 0 Å². The van der Waals surface area contributed by atoms with Crippen LogP contribution in [-0.4, -0.2) is 12.1 Å². The predicted molar refractivity (Wildman–Crippen MR) is 79.0 cm³/mol. The van der Waals surface area contributed by atoms with Crippen LogP contribution in [0.5, 0.6) is 0 Å². The van der Waals surface area contributed by atoms with E-state index in [1.54, 1.807) is 6.08 Å². The molecule has 2 nitrogen and oxygen atoms in total. The summed E-state index contributed by atoms with van der Waals surface area (Å²) in [5, 5.41) is 0. The minimum Gasteiger partial charge on any atom is -0.458 e. The van der Waals surface area contributed by atoms with E-state index in [4.69, 9.17) is 4.74 Å². The van der Waals surface area contributed by atoms with Gasteiger partial charge in [0.05, 0.1) is 0 Å². The lowest BCUT2D eigenvalue weighted by Gasteiger charge is -2.14. The molecule has 0 aliphatic heterocycles. The van der Waals surface area contributed by atoms with Gasteiger partial charge in [0.2, 0.25) is 0 Å². The average molecular weight is 260 g/mol. The molecule has 19 heavy (non-hydrogen) atoms. The molecule has 0 aromatic heterocycles. The van der Waals surface area contributed by atoms with E-state index >= 15 is 0 Å². The van der Waals surface area contributed by atoms with Gasteiger partial charge in [0.15, 0.2) is 0 Å². The summed E-state index contributed by atoms with van der Waals surface area (Å²) >= 11 is 0. The maximum Gasteiger partial charge on any atom is 0.306 e. The summed E-state index contributed by atoms with van der Waals surface area (Å²) in [6, 6.07) is 10.2. The van der Waals surface area contributed by atoms with Crippen molar-refractivity contribution < 1.29 is 9.53 Å². The number of carbonyl (C=O) groups is 1. The first-order chi connectivity index (χ1) is 9.26. The first-order valence-electron chi connectivity index (χ1n) is 7.12. The Morgan fingerprint density at radius 3 is 2.68 bits per heavy atom. The number of rotatable bonds is 9. The maximum atomic E-state index is 11.6. The van der Waals surface area contributed by atoms with Crippen LogP contribution in [0.2, 0.25) is 0 Å². The van der Waals surface area contributed by atoms with Crippen LogP contribution < -0.4 is 0 Å². The molecule has 0 heterocycles. The molecule has 0 saturated heterocycles. The van der Waals surface area contributed by atoms with Crippen LogP contribution >= 0.6 is 0 Å². The zero-order chi connectivity index (χ0) is 13.9. The van der Waals surface area contributed by atoms with Gasteiger partial charge < -0.3 is 4.74 Å². The third-order valence-electron chi connectivity index (χ3n) is 3.09. The van der Waals surface area contributed by atoms with E-state index in [2.05, 4.69) is 25.6 Å². The van der Waals surface area contributed by atoms with Crippen molar-refractivity contribution in [1.29, 1.82) is 0 Å². The molecule has 0 bridgehead atoms. The Morgan fingerprint density at radius 2 is 2.05 bits per heavy atom. The third-order valence-corrected chi connectivity index (χ3v) is 3.09. The smallest absolute Gasteiger partial charge is 0.306 e. The van der Waals surface area contributed by atoms with Crippen molar-refractivity contribution in [2.24, 2.45) is 0 Å². The van der Waals surface area contributed by atoms with E-state index in [0.29, 0.717) is 6.42 Å². The number of hydrogen-bond donors (Lipinski definition) is 0. The van der Waals surface area contributed by atoms with Gasteiger partial charge in [-0.1, -0.05) is 62.8 Å². The molecule has 0 aliphatic carbocycles. The molecule has 104 valence electrons. The van der Waals surface area contributed by atoms with E-state index < -0.39 is 0 Å². The average Bonchev–Trinajstić information content (AvgIpc) is 2.45. The van der Waals surface area contributed by atoms with Gasteiger partial charge in [-0.2, -0.15) is 0 Å². The Bertz CT molecular complexity index is 370. The maximum absolute atomic E-state index is 11.6. The fourth-order valence-corrected chi connectivity index (χ4v) is 1.93. The number of unbranched alkanes of at least 4 members (excludes halogenated alkanes) is 2. The van der Waals surface area contributed by atoms with Crippen LogP contribution in [0.3, 0.4) is 0 Å². The van der Waals surface area contributed by atoms with E-state index in [-0.39, 0.29) is 12.1 Å². The van der Waals surface area contributed by atoms with Crippen molar-refractivity contribution in [2.75, 3.05) is 0 Å². The Morgan fingerprint density at radius 1 is 1.32 bits per heavy atom. The quantitative estimate of drug-likeness (QED) is 0.376. The van der Waals surface area contributed by atoms with Crippen molar-refractivity contribution in [3.63, 3.8) is 0 Å². The van der Waals surface area contributed by atoms with Crippen LogP contribution in [-0.2, 0) is 16.0 Å². The lowest BCUT2D eigenvalue weighted by Crippen LogP contribution is -2.16. The van der Waals surface area contributed by atoms with E-state index in [1.807, 2.05) is 18.2 Å². The van der Waals surface area contributed by atoms with Crippen LogP contribution in [0.25, 0.3) is 0 Å². The molecular weight excluding hydrogens is 236 g/mol. The highest BCUT2D eigenvalue weighted by atomic mass is 16.5. The Kier molecular flexibility index (Phi) is 7.64. The second-order valence-electron chi connectivity index (χ2n) is 4.75. The van der Waals surface area contributed by atoms with Crippen molar-refractivity contribution in [3.8, 4) is 0 Å². The molecule has 1 aromatic carbocycles. The van der Waals surface area contributed by atoms with Gasteiger partial charge in [-0.05, 0) is 24.8 Å². The number of carbonyl (C=O) groups excluding carboxylic acids is 1. The molecule has 1 rings (SSSR count). The third kappa shape index (κ3) is 6.80. The standard InChI is InChI=1S/C17H24O2/c1-3-5-7-12-17(18)19-16(4-2)14-13-15-10-8-6-9-11-15/h4,6,8-11,16H,2-3,5,7,12-14H2,1H3. The Hall–Kier alpha value is -1.57. The van der Waals surface area contributed by atoms with E-state index in [0.717, 1.165) is 32.1 Å². The summed E-state index contributed by atoms with van der Waals surface area (Å²) in [5.74, 6) is -0.105. The summed E-state index contributed by atoms with van der Waals surface area (Å²) < 4.78 is 5.41. The SMILES string of the molecule is C=CC(CCc1ccccc1)OC(=O)CCCCC. The van der Waals surface area contributed by atoms with Crippen LogP contribution in [0.1, 0.15) is 44.6 Å². The topological polar surface area (TPSA) is 26.3 Å². The lowest BCUT2D eigenvalue weighted by molar-refractivity contribution is -0.147. The van der Waals surface area contributed by atoms with Gasteiger partial charge in [-0.15, -0.1) is 0 Å². The summed E-state index contributed by atoms with van der Waals surface area (Å²) in [6.45, 7) is 5.87. The normalized spacial score (nSPS) is 11.8. The molecule has 0 saturated carbocycles. The molecular formula is C17H24O2. The first kappa shape index (κ1) is 15.5. The molecule has 0 amide bonds. The van der Waals surface area contributed by atoms with Crippen molar-refractivity contribution in [3.05, 3.63) is 48.6 Å². The first-order valence-corrected chi connectivity index (χ1v) is 7.12. The predicted octanol–water partition coefficient (Wildman–Crippen LogP) is 4.30. The number of esters is 1. The van der Waals surface area contributed by atoms with Crippen LogP contribution in [0, 0.1) is 0 Å². The molecule has 0 fully saturated rings. The number of aryl methyl sites for hydroxylation is 1. The fraction of sp³-hybridized carbons (Fsp3) is 0.471. The number of hydrogen-bond acceptors (Lipinski definition) is 2. The van der Waals surface area contributed by atoms with Gasteiger partial charge >= 0.3 is 5.97 Å². The monoisotopic (exact) mass is 260 g/mol. The van der Waals surface area contributed by atoms with Crippen molar-refractivity contribution in [2.45, 2.75) is 51.6 Å². The Labute approximate surface area is 116 Å². The van der Waals surface area contributed by atoms with Crippen LogP contribution in [0.15, 0.2) is 43.0 Å². The molecule has 1 unspecified atom stereocenters. The zero-order valence-electron chi connectivity index (χ0n) is 11.8. The van der Waals surface area contributed by atoms with Gasteiger partial charge in [-0.3, -0.25) is 4.79 Å². The largest absolute Gasteiger partial charge is 0.458 e. The summed E-state index contributed by atoms with van der Waals surface area (Å²) in [4.78, 5) is 11.6. The zero-order valence-corrected chi connectivity index (χ0v) is 11.8. The molecule has 0 aliphatic rings. The van der Waals surface area contributed by atoms with Crippen LogP contribution in [0.4, 0.5) is 0 Å².